The molecule has 0 aromatic heterocycles. The number of rotatable bonds is 7. The summed E-state index contributed by atoms with van der Waals surface area (Å²) in [6.07, 6.45) is 0. The highest BCUT2D eigenvalue weighted by Crippen LogP contribution is 2.21. The molecule has 5 nitrogen and oxygen atoms in total. The fourth-order valence-electron chi connectivity index (χ4n) is 3.13. The molecular formula is C20H26N2O3S. The third-order valence-electron chi connectivity index (χ3n) is 4.21. The van der Waals surface area contributed by atoms with Gasteiger partial charge in [-0.2, -0.15) is 0 Å². The van der Waals surface area contributed by atoms with Crippen LogP contribution in [0.5, 0.6) is 0 Å². The molecule has 2 rings (SSSR count). The highest BCUT2D eigenvalue weighted by Gasteiger charge is 2.20. The van der Waals surface area contributed by atoms with Crippen LogP contribution in [0.1, 0.15) is 29.2 Å². The number of nitrogens with zero attached hydrogens (tertiary/aromatic N) is 1. The summed E-state index contributed by atoms with van der Waals surface area (Å²) in [5.74, 6) is -0.0873. The minimum absolute atomic E-state index is 0.0873. The zero-order chi connectivity index (χ0) is 19.3. The van der Waals surface area contributed by atoms with Crippen molar-refractivity contribution in [2.24, 2.45) is 0 Å². The maximum absolute atomic E-state index is 12.7. The monoisotopic (exact) mass is 374 g/mol. The molecule has 1 amide bonds. The van der Waals surface area contributed by atoms with Crippen molar-refractivity contribution in [3.8, 4) is 0 Å². The number of benzene rings is 2. The fourth-order valence-corrected chi connectivity index (χ4v) is 4.60. The molecule has 2 aromatic rings. The van der Waals surface area contributed by atoms with E-state index in [4.69, 9.17) is 0 Å². The van der Waals surface area contributed by atoms with Gasteiger partial charge in [0.2, 0.25) is 15.9 Å². The second-order valence-corrected chi connectivity index (χ2v) is 8.26. The quantitative estimate of drug-likeness (QED) is 0.810. The number of hydrogen-bond acceptors (Lipinski definition) is 3. The molecule has 0 atom stereocenters. The van der Waals surface area contributed by atoms with Crippen molar-refractivity contribution in [2.45, 2.75) is 39.1 Å². The highest BCUT2D eigenvalue weighted by atomic mass is 32.2. The fraction of sp³-hybridized carbons (Fsp3) is 0.350. The molecule has 0 heterocycles. The lowest BCUT2D eigenvalue weighted by Gasteiger charge is -2.22. The first-order chi connectivity index (χ1) is 12.2. The minimum Gasteiger partial charge on any atom is -0.337 e. The van der Waals surface area contributed by atoms with E-state index in [9.17, 15) is 13.2 Å². The lowest BCUT2D eigenvalue weighted by Crippen LogP contribution is -2.37. The largest absolute Gasteiger partial charge is 0.337 e. The maximum Gasteiger partial charge on any atom is 0.241 e. The van der Waals surface area contributed by atoms with Crippen LogP contribution in [0.25, 0.3) is 0 Å². The summed E-state index contributed by atoms with van der Waals surface area (Å²) >= 11 is 0. The van der Waals surface area contributed by atoms with E-state index in [1.807, 2.05) is 49.4 Å². The van der Waals surface area contributed by atoms with Crippen LogP contribution in [0.4, 0.5) is 0 Å². The molecular weight excluding hydrogens is 348 g/mol. The van der Waals surface area contributed by atoms with Gasteiger partial charge < -0.3 is 4.90 Å². The summed E-state index contributed by atoms with van der Waals surface area (Å²) in [7, 11) is -3.62. The third kappa shape index (κ3) is 5.16. The molecule has 0 unspecified atom stereocenters. The summed E-state index contributed by atoms with van der Waals surface area (Å²) in [4.78, 5) is 13.8. The lowest BCUT2D eigenvalue weighted by atomic mass is 10.1. The van der Waals surface area contributed by atoms with Crippen LogP contribution in [-0.4, -0.2) is 32.3 Å². The van der Waals surface area contributed by atoms with Crippen LogP contribution in [-0.2, 0) is 21.4 Å². The second-order valence-electron chi connectivity index (χ2n) is 6.55. The Morgan fingerprint density at radius 2 is 1.62 bits per heavy atom. The average molecular weight is 375 g/mol. The van der Waals surface area contributed by atoms with Crippen LogP contribution in [0.2, 0.25) is 0 Å². The van der Waals surface area contributed by atoms with Gasteiger partial charge in [-0.15, -0.1) is 0 Å². The predicted molar refractivity (Wildman–Crippen MR) is 103 cm³/mol. The van der Waals surface area contributed by atoms with E-state index in [1.54, 1.807) is 18.7 Å². The molecule has 6 heteroatoms. The molecule has 0 bridgehead atoms. The number of amides is 1. The van der Waals surface area contributed by atoms with E-state index in [0.29, 0.717) is 18.0 Å². The molecule has 0 spiro atoms. The van der Waals surface area contributed by atoms with Crippen LogP contribution in [0.15, 0.2) is 47.4 Å². The van der Waals surface area contributed by atoms with E-state index >= 15 is 0 Å². The average Bonchev–Trinajstić information content (AvgIpc) is 2.53. The molecule has 0 aliphatic rings. The minimum atomic E-state index is -3.62. The van der Waals surface area contributed by atoms with E-state index in [2.05, 4.69) is 4.72 Å². The Balaban J connectivity index is 2.06. The Labute approximate surface area is 156 Å². The zero-order valence-corrected chi connectivity index (χ0v) is 16.6. The maximum atomic E-state index is 12.7. The second kappa shape index (κ2) is 8.47. The molecule has 1 N–H and O–H groups in total. The third-order valence-corrected chi connectivity index (χ3v) is 5.97. The normalized spacial score (nSPS) is 11.4. The first kappa shape index (κ1) is 20.1. The molecule has 26 heavy (non-hydrogen) atoms. The summed E-state index contributed by atoms with van der Waals surface area (Å²) in [6.45, 7) is 7.97. The predicted octanol–water partition coefficient (Wildman–Crippen LogP) is 2.94. The first-order valence-electron chi connectivity index (χ1n) is 8.57. The molecule has 2 aromatic carbocycles. The van der Waals surface area contributed by atoms with Gasteiger partial charge in [0.25, 0.3) is 0 Å². The van der Waals surface area contributed by atoms with Crippen LogP contribution in [0, 0.1) is 20.8 Å². The van der Waals surface area contributed by atoms with Gasteiger partial charge in [-0.3, -0.25) is 4.79 Å². The van der Waals surface area contributed by atoms with Crippen molar-refractivity contribution < 1.29 is 13.2 Å². The Morgan fingerprint density at radius 3 is 2.15 bits per heavy atom. The zero-order valence-electron chi connectivity index (χ0n) is 15.7. The number of carbonyl (C=O) groups is 1. The Bertz CT molecular complexity index is 854. The Morgan fingerprint density at radius 1 is 1.04 bits per heavy atom. The van der Waals surface area contributed by atoms with Gasteiger partial charge in [0.15, 0.2) is 0 Å². The number of nitrogens with one attached hydrogen (secondary N) is 1. The van der Waals surface area contributed by atoms with E-state index in [-0.39, 0.29) is 12.5 Å². The SMILES string of the molecule is CC(=O)N(CCNS(=O)(=O)c1c(C)cc(C)cc1C)Cc1ccccc1. The summed E-state index contributed by atoms with van der Waals surface area (Å²) in [5.41, 5.74) is 3.49. The number of sulfonamides is 1. The number of carbonyl (C=O) groups excluding carboxylic acids is 1. The topological polar surface area (TPSA) is 66.5 Å². The lowest BCUT2D eigenvalue weighted by molar-refractivity contribution is -0.129. The van der Waals surface area contributed by atoms with Crippen molar-refractivity contribution in [1.29, 1.82) is 0 Å². The van der Waals surface area contributed by atoms with E-state index in [1.165, 1.54) is 6.92 Å². The molecule has 0 radical (unpaired) electrons. The first-order valence-corrected chi connectivity index (χ1v) is 10.1. The van der Waals surface area contributed by atoms with Gasteiger partial charge in [0.05, 0.1) is 4.90 Å². The van der Waals surface area contributed by atoms with E-state index < -0.39 is 10.0 Å². The van der Waals surface area contributed by atoms with Gasteiger partial charge in [0.1, 0.15) is 0 Å². The van der Waals surface area contributed by atoms with Crippen LogP contribution in [0.3, 0.4) is 0 Å². The van der Waals surface area contributed by atoms with Crippen molar-refractivity contribution in [1.82, 2.24) is 9.62 Å². The Kier molecular flexibility index (Phi) is 6.56. The van der Waals surface area contributed by atoms with Gasteiger partial charge >= 0.3 is 0 Å². The van der Waals surface area contributed by atoms with Gasteiger partial charge in [0, 0.05) is 26.6 Å². The summed E-state index contributed by atoms with van der Waals surface area (Å²) < 4.78 is 28.0. The van der Waals surface area contributed by atoms with Crippen molar-refractivity contribution in [3.63, 3.8) is 0 Å². The van der Waals surface area contributed by atoms with Crippen molar-refractivity contribution >= 4 is 15.9 Å². The molecule has 0 aliphatic carbocycles. The van der Waals surface area contributed by atoms with Crippen molar-refractivity contribution in [3.05, 3.63) is 64.7 Å². The molecule has 0 fully saturated rings. The molecule has 0 saturated heterocycles. The summed E-state index contributed by atoms with van der Waals surface area (Å²) in [5, 5.41) is 0. The molecule has 0 aliphatic heterocycles. The van der Waals surface area contributed by atoms with Crippen LogP contribution < -0.4 is 4.72 Å². The molecule has 0 saturated carbocycles. The van der Waals surface area contributed by atoms with E-state index in [0.717, 1.165) is 22.3 Å². The number of aryl methyl sites for hydroxylation is 3. The smallest absolute Gasteiger partial charge is 0.241 e. The standard InChI is InChI=1S/C20H26N2O3S/c1-15-12-16(2)20(17(3)13-15)26(24,25)21-10-11-22(18(4)23)14-19-8-6-5-7-9-19/h5-9,12-13,21H,10-11,14H2,1-4H3. The van der Waals surface area contributed by atoms with Crippen LogP contribution >= 0.6 is 0 Å². The van der Waals surface area contributed by atoms with Gasteiger partial charge in [-0.05, 0) is 37.5 Å². The number of hydrogen-bond donors (Lipinski definition) is 1. The van der Waals surface area contributed by atoms with Crippen molar-refractivity contribution in [2.75, 3.05) is 13.1 Å². The summed E-state index contributed by atoms with van der Waals surface area (Å²) in [6, 6.07) is 13.4. The van der Waals surface area contributed by atoms with Gasteiger partial charge in [-0.25, -0.2) is 13.1 Å². The van der Waals surface area contributed by atoms with Gasteiger partial charge in [-0.1, -0.05) is 48.0 Å². The highest BCUT2D eigenvalue weighted by molar-refractivity contribution is 7.89. The molecule has 140 valence electrons. The Hall–Kier alpha value is -2.18.